The van der Waals surface area contributed by atoms with Crippen LogP contribution in [0.25, 0.3) is 0 Å². The average molecular weight is 275 g/mol. The Morgan fingerprint density at radius 2 is 2.15 bits per heavy atom. The minimum absolute atomic E-state index is 0.675. The zero-order chi connectivity index (χ0) is 13.8. The predicted molar refractivity (Wildman–Crippen MR) is 80.4 cm³/mol. The van der Waals surface area contributed by atoms with Gasteiger partial charge in [-0.2, -0.15) is 5.10 Å². The molecule has 0 bridgehead atoms. The van der Waals surface area contributed by atoms with E-state index in [1.54, 1.807) is 6.20 Å². The lowest BCUT2D eigenvalue weighted by atomic mass is 9.82. The van der Waals surface area contributed by atoms with Crippen LogP contribution in [0.15, 0.2) is 17.3 Å². The molecule has 2 N–H and O–H groups in total. The van der Waals surface area contributed by atoms with Gasteiger partial charge in [0.15, 0.2) is 5.96 Å². The molecular formula is C15H25N5. The Bertz CT molecular complexity index is 425. The van der Waals surface area contributed by atoms with Crippen molar-refractivity contribution < 1.29 is 0 Å². The number of likely N-dealkylation sites (tertiary alicyclic amines) is 1. The number of H-pyrrole nitrogens is 1. The second-order valence-electron chi connectivity index (χ2n) is 5.96. The van der Waals surface area contributed by atoms with Crippen LogP contribution in [0.5, 0.6) is 0 Å². The van der Waals surface area contributed by atoms with Crippen molar-refractivity contribution in [3.8, 4) is 0 Å². The molecule has 20 heavy (non-hydrogen) atoms. The van der Waals surface area contributed by atoms with E-state index in [0.29, 0.717) is 6.54 Å². The molecule has 110 valence electrons. The van der Waals surface area contributed by atoms with Crippen LogP contribution in [-0.4, -0.2) is 40.7 Å². The van der Waals surface area contributed by atoms with Gasteiger partial charge in [0.1, 0.15) is 0 Å². The molecule has 3 rings (SSSR count). The topological polar surface area (TPSA) is 56.3 Å². The fourth-order valence-electron chi connectivity index (χ4n) is 3.54. The van der Waals surface area contributed by atoms with E-state index in [9.17, 15) is 0 Å². The number of hydrogen-bond acceptors (Lipinski definition) is 2. The number of nitrogens with zero attached hydrogens (tertiary/aromatic N) is 3. The van der Waals surface area contributed by atoms with Crippen LogP contribution in [0, 0.1) is 11.8 Å². The van der Waals surface area contributed by atoms with E-state index in [-0.39, 0.29) is 0 Å². The van der Waals surface area contributed by atoms with Gasteiger partial charge in [-0.25, -0.2) is 4.99 Å². The monoisotopic (exact) mass is 275 g/mol. The normalized spacial score (nSPS) is 26.6. The molecule has 0 spiro atoms. The molecule has 2 heterocycles. The van der Waals surface area contributed by atoms with Crippen molar-refractivity contribution in [2.75, 3.05) is 19.6 Å². The number of hydrogen-bond donors (Lipinski definition) is 2. The van der Waals surface area contributed by atoms with Gasteiger partial charge in [-0.3, -0.25) is 5.10 Å². The van der Waals surface area contributed by atoms with Crippen LogP contribution >= 0.6 is 0 Å². The Kier molecular flexibility index (Phi) is 4.23. The Morgan fingerprint density at radius 3 is 2.75 bits per heavy atom. The molecule has 2 fully saturated rings. The third kappa shape index (κ3) is 2.97. The number of aliphatic imine (C=N–C) groups is 1. The van der Waals surface area contributed by atoms with E-state index < -0.39 is 0 Å². The first-order valence-corrected chi connectivity index (χ1v) is 7.88. The van der Waals surface area contributed by atoms with Crippen molar-refractivity contribution in [3.05, 3.63) is 18.0 Å². The molecular weight excluding hydrogens is 250 g/mol. The van der Waals surface area contributed by atoms with Gasteiger partial charge in [0.05, 0.1) is 12.2 Å². The summed E-state index contributed by atoms with van der Waals surface area (Å²) in [5.41, 5.74) is 1.07. The fraction of sp³-hybridized carbons (Fsp3) is 0.733. The number of guanidine groups is 1. The van der Waals surface area contributed by atoms with Gasteiger partial charge in [-0.1, -0.05) is 12.8 Å². The van der Waals surface area contributed by atoms with Crippen molar-refractivity contribution in [3.63, 3.8) is 0 Å². The van der Waals surface area contributed by atoms with E-state index >= 15 is 0 Å². The van der Waals surface area contributed by atoms with Crippen molar-refractivity contribution in [2.24, 2.45) is 16.8 Å². The van der Waals surface area contributed by atoms with E-state index in [1.165, 1.54) is 38.8 Å². The van der Waals surface area contributed by atoms with Gasteiger partial charge in [-0.15, -0.1) is 0 Å². The predicted octanol–water partition coefficient (Wildman–Crippen LogP) is 2.00. The van der Waals surface area contributed by atoms with Crippen molar-refractivity contribution in [2.45, 2.75) is 39.2 Å². The lowest BCUT2D eigenvalue weighted by Gasteiger charge is -2.22. The molecule has 1 aromatic rings. The summed E-state index contributed by atoms with van der Waals surface area (Å²) >= 11 is 0. The van der Waals surface area contributed by atoms with Crippen LogP contribution in [0.2, 0.25) is 0 Å². The molecule has 1 aliphatic heterocycles. The highest BCUT2D eigenvalue weighted by Gasteiger charge is 2.35. The first-order chi connectivity index (χ1) is 9.86. The lowest BCUT2D eigenvalue weighted by molar-refractivity contribution is 0.299. The summed E-state index contributed by atoms with van der Waals surface area (Å²) in [5, 5.41) is 10.4. The number of rotatable bonds is 3. The Balaban J connectivity index is 1.65. The molecule has 0 radical (unpaired) electrons. The third-order valence-corrected chi connectivity index (χ3v) is 4.57. The number of aromatic nitrogens is 2. The van der Waals surface area contributed by atoms with Crippen LogP contribution in [0.3, 0.4) is 0 Å². The summed E-state index contributed by atoms with van der Waals surface area (Å²) in [7, 11) is 0. The summed E-state index contributed by atoms with van der Waals surface area (Å²) in [5.74, 6) is 2.84. The summed E-state index contributed by atoms with van der Waals surface area (Å²) in [6.45, 7) is 6.09. The van der Waals surface area contributed by atoms with E-state index in [2.05, 4.69) is 27.3 Å². The molecule has 1 aliphatic carbocycles. The van der Waals surface area contributed by atoms with Crippen LogP contribution in [-0.2, 0) is 6.54 Å². The highest BCUT2D eigenvalue weighted by atomic mass is 15.3. The quantitative estimate of drug-likeness (QED) is 0.655. The third-order valence-electron chi connectivity index (χ3n) is 4.57. The molecule has 2 aliphatic rings. The summed E-state index contributed by atoms with van der Waals surface area (Å²) in [4.78, 5) is 7.21. The Labute approximate surface area is 120 Å². The fourth-order valence-corrected chi connectivity index (χ4v) is 3.54. The summed E-state index contributed by atoms with van der Waals surface area (Å²) in [6, 6.07) is 1.98. The maximum absolute atomic E-state index is 4.76. The van der Waals surface area contributed by atoms with Gasteiger partial charge < -0.3 is 10.2 Å². The SMILES string of the molecule is CCNC(=NCc1ccn[nH]1)N1CC2CCCCC2C1. The molecule has 1 saturated heterocycles. The minimum atomic E-state index is 0.675. The summed E-state index contributed by atoms with van der Waals surface area (Å²) in [6.07, 6.45) is 7.41. The average Bonchev–Trinajstić information content (AvgIpc) is 3.12. The maximum atomic E-state index is 4.76. The zero-order valence-electron chi connectivity index (χ0n) is 12.3. The summed E-state index contributed by atoms with van der Waals surface area (Å²) < 4.78 is 0. The molecule has 0 aromatic carbocycles. The molecule has 1 aromatic heterocycles. The van der Waals surface area contributed by atoms with Crippen LogP contribution in [0.4, 0.5) is 0 Å². The van der Waals surface area contributed by atoms with Crippen molar-refractivity contribution in [1.29, 1.82) is 0 Å². The Hall–Kier alpha value is -1.52. The van der Waals surface area contributed by atoms with E-state index in [1.807, 2.05) is 6.07 Å². The molecule has 0 amide bonds. The minimum Gasteiger partial charge on any atom is -0.357 e. The van der Waals surface area contributed by atoms with Gasteiger partial charge in [0, 0.05) is 25.8 Å². The molecule has 2 atom stereocenters. The standard InChI is InChI=1S/C15H25N5/c1-2-16-15(17-9-14-7-8-18-19-14)20-10-12-5-3-4-6-13(12)11-20/h7-8,12-13H,2-6,9-11H2,1H3,(H,16,17)(H,18,19). The van der Waals surface area contributed by atoms with E-state index in [4.69, 9.17) is 4.99 Å². The van der Waals surface area contributed by atoms with Gasteiger partial charge in [-0.05, 0) is 37.7 Å². The molecule has 5 heteroatoms. The largest absolute Gasteiger partial charge is 0.357 e. The number of nitrogens with one attached hydrogen (secondary N) is 2. The Morgan fingerprint density at radius 1 is 1.40 bits per heavy atom. The highest BCUT2D eigenvalue weighted by Crippen LogP contribution is 2.35. The number of fused-ring (bicyclic) bond motifs is 1. The lowest BCUT2D eigenvalue weighted by Crippen LogP contribution is -2.40. The van der Waals surface area contributed by atoms with Gasteiger partial charge in [0.2, 0.25) is 0 Å². The van der Waals surface area contributed by atoms with Crippen molar-refractivity contribution in [1.82, 2.24) is 20.4 Å². The van der Waals surface area contributed by atoms with Gasteiger partial charge in [0.25, 0.3) is 0 Å². The maximum Gasteiger partial charge on any atom is 0.194 e. The first-order valence-electron chi connectivity index (χ1n) is 7.88. The highest BCUT2D eigenvalue weighted by molar-refractivity contribution is 5.80. The van der Waals surface area contributed by atoms with Crippen LogP contribution in [0.1, 0.15) is 38.3 Å². The van der Waals surface area contributed by atoms with Crippen molar-refractivity contribution >= 4 is 5.96 Å². The second kappa shape index (κ2) is 6.29. The molecule has 1 saturated carbocycles. The molecule has 5 nitrogen and oxygen atoms in total. The second-order valence-corrected chi connectivity index (χ2v) is 5.96. The number of aromatic amines is 1. The van der Waals surface area contributed by atoms with Crippen LogP contribution < -0.4 is 5.32 Å². The van der Waals surface area contributed by atoms with E-state index in [0.717, 1.165) is 30.0 Å². The van der Waals surface area contributed by atoms with Gasteiger partial charge >= 0.3 is 0 Å². The molecule has 2 unspecified atom stereocenters. The first kappa shape index (κ1) is 13.5. The smallest absolute Gasteiger partial charge is 0.194 e. The zero-order valence-corrected chi connectivity index (χ0v) is 12.3.